The summed E-state index contributed by atoms with van der Waals surface area (Å²) in [5, 5.41) is 2.80. The molecule has 0 unspecified atom stereocenters. The molecule has 5 heteroatoms. The zero-order chi connectivity index (χ0) is 16.2. The van der Waals surface area contributed by atoms with E-state index >= 15 is 0 Å². The second-order valence-corrected chi connectivity index (χ2v) is 5.82. The van der Waals surface area contributed by atoms with Crippen LogP contribution >= 0.6 is 11.6 Å². The minimum Gasteiger partial charge on any atom is -0.457 e. The van der Waals surface area contributed by atoms with Gasteiger partial charge in [-0.1, -0.05) is 0 Å². The summed E-state index contributed by atoms with van der Waals surface area (Å²) in [6, 6.07) is 12.7. The molecule has 116 valence electrons. The second-order valence-electron chi connectivity index (χ2n) is 5.55. The van der Waals surface area contributed by atoms with Gasteiger partial charge in [-0.15, -0.1) is 11.6 Å². The van der Waals surface area contributed by atoms with Crippen molar-refractivity contribution in [2.75, 3.05) is 11.2 Å². The SMILES string of the molecule is CC(C)(CCl)C(=O)Nc1ccc(Oc2ccc(F)cc2)cc1. The first-order valence-corrected chi connectivity index (χ1v) is 7.35. The molecule has 2 rings (SSSR count). The van der Waals surface area contributed by atoms with Gasteiger partial charge in [-0.25, -0.2) is 4.39 Å². The van der Waals surface area contributed by atoms with E-state index in [0.29, 0.717) is 17.2 Å². The quantitative estimate of drug-likeness (QED) is 0.802. The van der Waals surface area contributed by atoms with Crippen LogP contribution in [0.1, 0.15) is 13.8 Å². The fourth-order valence-electron chi connectivity index (χ4n) is 1.61. The van der Waals surface area contributed by atoms with E-state index in [9.17, 15) is 9.18 Å². The van der Waals surface area contributed by atoms with Crippen LogP contribution in [-0.2, 0) is 4.79 Å². The van der Waals surface area contributed by atoms with Gasteiger partial charge in [0.05, 0.1) is 5.41 Å². The summed E-state index contributed by atoms with van der Waals surface area (Å²) >= 11 is 5.77. The molecule has 0 bridgehead atoms. The average molecular weight is 322 g/mol. The molecule has 0 radical (unpaired) electrons. The predicted molar refractivity (Wildman–Crippen MR) is 86.0 cm³/mol. The highest BCUT2D eigenvalue weighted by atomic mass is 35.5. The Kier molecular flexibility index (Phi) is 5.03. The van der Waals surface area contributed by atoms with Crippen LogP contribution in [0.4, 0.5) is 10.1 Å². The molecule has 0 atom stereocenters. The molecule has 0 saturated heterocycles. The summed E-state index contributed by atoms with van der Waals surface area (Å²) in [5.74, 6) is 0.926. The summed E-state index contributed by atoms with van der Waals surface area (Å²) in [5.41, 5.74) is 0.0276. The molecule has 0 aliphatic carbocycles. The number of hydrogen-bond donors (Lipinski definition) is 1. The third-order valence-corrected chi connectivity index (χ3v) is 3.78. The van der Waals surface area contributed by atoms with Gasteiger partial charge in [0.1, 0.15) is 17.3 Å². The summed E-state index contributed by atoms with van der Waals surface area (Å²) < 4.78 is 18.4. The van der Waals surface area contributed by atoms with E-state index in [4.69, 9.17) is 16.3 Å². The molecule has 1 N–H and O–H groups in total. The van der Waals surface area contributed by atoms with E-state index in [0.717, 1.165) is 0 Å². The van der Waals surface area contributed by atoms with Crippen LogP contribution in [0.15, 0.2) is 48.5 Å². The predicted octanol–water partition coefficient (Wildman–Crippen LogP) is 4.82. The Labute approximate surface area is 134 Å². The molecule has 0 fully saturated rings. The lowest BCUT2D eigenvalue weighted by atomic mass is 9.95. The van der Waals surface area contributed by atoms with Gasteiger partial charge in [-0.2, -0.15) is 0 Å². The van der Waals surface area contributed by atoms with Gasteiger partial charge >= 0.3 is 0 Å². The highest BCUT2D eigenvalue weighted by Crippen LogP contribution is 2.25. The lowest BCUT2D eigenvalue weighted by Crippen LogP contribution is -2.32. The number of benzene rings is 2. The Hall–Kier alpha value is -2.07. The summed E-state index contributed by atoms with van der Waals surface area (Å²) in [4.78, 5) is 12.0. The third kappa shape index (κ3) is 4.21. The monoisotopic (exact) mass is 321 g/mol. The molecule has 0 heterocycles. The number of carbonyl (C=O) groups excluding carboxylic acids is 1. The summed E-state index contributed by atoms with van der Waals surface area (Å²) in [6.07, 6.45) is 0. The molecule has 2 aromatic rings. The number of rotatable bonds is 5. The highest BCUT2D eigenvalue weighted by Gasteiger charge is 2.26. The van der Waals surface area contributed by atoms with Crippen molar-refractivity contribution < 1.29 is 13.9 Å². The number of carbonyl (C=O) groups is 1. The number of nitrogens with one attached hydrogen (secondary N) is 1. The smallest absolute Gasteiger partial charge is 0.231 e. The molecule has 0 aliphatic rings. The van der Waals surface area contributed by atoms with Crippen LogP contribution in [-0.4, -0.2) is 11.8 Å². The maximum absolute atomic E-state index is 12.8. The summed E-state index contributed by atoms with van der Waals surface area (Å²) in [7, 11) is 0. The number of hydrogen-bond acceptors (Lipinski definition) is 2. The maximum atomic E-state index is 12.8. The molecular formula is C17H17ClFNO2. The Bertz CT molecular complexity index is 639. The van der Waals surface area contributed by atoms with Crippen LogP contribution in [0, 0.1) is 11.2 Å². The molecular weight excluding hydrogens is 305 g/mol. The van der Waals surface area contributed by atoms with E-state index in [-0.39, 0.29) is 17.6 Å². The molecule has 0 aromatic heterocycles. The molecule has 22 heavy (non-hydrogen) atoms. The van der Waals surface area contributed by atoms with Crippen molar-refractivity contribution in [2.45, 2.75) is 13.8 Å². The van der Waals surface area contributed by atoms with Crippen molar-refractivity contribution in [1.82, 2.24) is 0 Å². The fourth-order valence-corrected chi connectivity index (χ4v) is 1.73. The standard InChI is InChI=1S/C17H17ClFNO2/c1-17(2,11-18)16(21)20-13-5-9-15(10-6-13)22-14-7-3-12(19)4-8-14/h3-10H,11H2,1-2H3,(H,20,21). The minimum absolute atomic E-state index is 0.144. The van der Waals surface area contributed by atoms with E-state index in [1.54, 1.807) is 50.2 Å². The van der Waals surface area contributed by atoms with E-state index in [1.165, 1.54) is 12.1 Å². The lowest BCUT2D eigenvalue weighted by molar-refractivity contribution is -0.122. The first-order chi connectivity index (χ1) is 10.4. The molecule has 3 nitrogen and oxygen atoms in total. The van der Waals surface area contributed by atoms with Crippen LogP contribution in [0.5, 0.6) is 11.5 Å². The number of halogens is 2. The van der Waals surface area contributed by atoms with Crippen molar-refractivity contribution in [1.29, 1.82) is 0 Å². The average Bonchev–Trinajstić information content (AvgIpc) is 2.51. The zero-order valence-corrected chi connectivity index (χ0v) is 13.2. The van der Waals surface area contributed by atoms with Gasteiger partial charge < -0.3 is 10.1 Å². The Morgan fingerprint density at radius 3 is 2.09 bits per heavy atom. The highest BCUT2D eigenvalue weighted by molar-refractivity contribution is 6.20. The normalized spacial score (nSPS) is 11.1. The summed E-state index contributed by atoms with van der Waals surface area (Å²) in [6.45, 7) is 3.56. The maximum Gasteiger partial charge on any atom is 0.231 e. The van der Waals surface area contributed by atoms with Gasteiger partial charge in [0, 0.05) is 11.6 Å². The molecule has 0 saturated carbocycles. The molecule has 1 amide bonds. The van der Waals surface area contributed by atoms with E-state index in [1.807, 2.05) is 0 Å². The van der Waals surface area contributed by atoms with Crippen molar-refractivity contribution in [2.24, 2.45) is 5.41 Å². The van der Waals surface area contributed by atoms with Crippen LogP contribution in [0.25, 0.3) is 0 Å². The first kappa shape index (κ1) is 16.3. The second kappa shape index (κ2) is 6.79. The lowest BCUT2D eigenvalue weighted by Gasteiger charge is -2.20. The fraction of sp³-hybridized carbons (Fsp3) is 0.235. The number of amides is 1. The minimum atomic E-state index is -0.634. The topological polar surface area (TPSA) is 38.3 Å². The number of alkyl halides is 1. The van der Waals surface area contributed by atoms with E-state index in [2.05, 4.69) is 5.32 Å². The van der Waals surface area contributed by atoms with Crippen molar-refractivity contribution >= 4 is 23.2 Å². The number of ether oxygens (including phenoxy) is 1. The Balaban J connectivity index is 2.01. The molecule has 0 spiro atoms. The van der Waals surface area contributed by atoms with Crippen molar-refractivity contribution in [3.63, 3.8) is 0 Å². The van der Waals surface area contributed by atoms with Crippen LogP contribution in [0.3, 0.4) is 0 Å². The first-order valence-electron chi connectivity index (χ1n) is 6.81. The van der Waals surface area contributed by atoms with Gasteiger partial charge in [0.25, 0.3) is 0 Å². The third-order valence-electron chi connectivity index (χ3n) is 3.11. The van der Waals surface area contributed by atoms with Gasteiger partial charge in [-0.05, 0) is 62.4 Å². The van der Waals surface area contributed by atoms with Crippen LogP contribution < -0.4 is 10.1 Å². The Morgan fingerprint density at radius 2 is 1.59 bits per heavy atom. The Morgan fingerprint density at radius 1 is 1.09 bits per heavy atom. The molecule has 2 aromatic carbocycles. The van der Waals surface area contributed by atoms with Gasteiger partial charge in [0.2, 0.25) is 5.91 Å². The van der Waals surface area contributed by atoms with Crippen LogP contribution in [0.2, 0.25) is 0 Å². The zero-order valence-electron chi connectivity index (χ0n) is 12.4. The number of anilines is 1. The van der Waals surface area contributed by atoms with Gasteiger partial charge in [-0.3, -0.25) is 4.79 Å². The van der Waals surface area contributed by atoms with Crippen molar-refractivity contribution in [3.05, 3.63) is 54.3 Å². The molecule has 0 aliphatic heterocycles. The largest absolute Gasteiger partial charge is 0.457 e. The van der Waals surface area contributed by atoms with E-state index < -0.39 is 5.41 Å². The van der Waals surface area contributed by atoms with Crippen molar-refractivity contribution in [3.8, 4) is 11.5 Å². The van der Waals surface area contributed by atoms with Gasteiger partial charge in [0.15, 0.2) is 0 Å².